The minimum Gasteiger partial charge on any atom is -0.339 e. The number of hydrogen-bond acceptors (Lipinski definition) is 4. The average Bonchev–Trinajstić information content (AvgIpc) is 3.38. The molecule has 2 aromatic rings. The summed E-state index contributed by atoms with van der Waals surface area (Å²) in [6, 6.07) is 14.8. The molecular formula is C23H26N4O. The number of amidine groups is 1. The Hall–Kier alpha value is -2.66. The number of amides is 1. The molecule has 5 heteroatoms. The fourth-order valence-electron chi connectivity index (χ4n) is 4.51. The van der Waals surface area contributed by atoms with Crippen LogP contribution in [0.3, 0.4) is 0 Å². The molecule has 0 bridgehead atoms. The number of likely N-dealkylation sites (tertiary alicyclic amines) is 1. The monoisotopic (exact) mass is 374 g/mol. The van der Waals surface area contributed by atoms with Crippen molar-refractivity contribution in [2.75, 3.05) is 44.7 Å². The zero-order chi connectivity index (χ0) is 19.1. The van der Waals surface area contributed by atoms with Crippen molar-refractivity contribution in [2.24, 2.45) is 4.99 Å². The van der Waals surface area contributed by atoms with Gasteiger partial charge in [-0.2, -0.15) is 0 Å². The van der Waals surface area contributed by atoms with Crippen molar-refractivity contribution in [3.63, 3.8) is 0 Å². The van der Waals surface area contributed by atoms with Crippen LogP contribution >= 0.6 is 0 Å². The van der Waals surface area contributed by atoms with Gasteiger partial charge in [0.2, 0.25) is 0 Å². The van der Waals surface area contributed by atoms with E-state index in [1.54, 1.807) is 0 Å². The fraction of sp³-hybridized carbons (Fsp3) is 0.391. The van der Waals surface area contributed by atoms with Crippen molar-refractivity contribution >= 4 is 17.4 Å². The van der Waals surface area contributed by atoms with Crippen LogP contribution in [0.5, 0.6) is 0 Å². The Morgan fingerprint density at radius 3 is 2.46 bits per heavy atom. The molecule has 2 aromatic carbocycles. The van der Waals surface area contributed by atoms with Crippen LogP contribution in [0.15, 0.2) is 47.5 Å². The number of nitrogens with zero attached hydrogens (tertiary/aromatic N) is 4. The van der Waals surface area contributed by atoms with Crippen LogP contribution < -0.4 is 4.90 Å². The summed E-state index contributed by atoms with van der Waals surface area (Å²) in [5.41, 5.74) is 5.75. The molecule has 1 fully saturated rings. The number of carbonyl (C=O) groups is 1. The smallest absolute Gasteiger partial charge is 0.253 e. The van der Waals surface area contributed by atoms with E-state index in [4.69, 9.17) is 4.99 Å². The third kappa shape index (κ3) is 3.10. The second kappa shape index (κ2) is 7.06. The van der Waals surface area contributed by atoms with Gasteiger partial charge in [-0.1, -0.05) is 24.3 Å². The van der Waals surface area contributed by atoms with Crippen LogP contribution in [0, 0.1) is 0 Å². The van der Waals surface area contributed by atoms with E-state index >= 15 is 0 Å². The lowest BCUT2D eigenvalue weighted by Gasteiger charge is -2.21. The SMILES string of the molecule is CN1CC2=NCCN2c2cc(-c3ccc(C(=O)N4CCCC4)cc3)ccc2C1. The van der Waals surface area contributed by atoms with Crippen molar-refractivity contribution in [1.82, 2.24) is 9.80 Å². The highest BCUT2D eigenvalue weighted by molar-refractivity contribution is 6.02. The zero-order valence-corrected chi connectivity index (χ0v) is 16.4. The summed E-state index contributed by atoms with van der Waals surface area (Å²) < 4.78 is 0. The Kier molecular flexibility index (Phi) is 4.40. The maximum absolute atomic E-state index is 12.6. The first-order valence-corrected chi connectivity index (χ1v) is 10.2. The Morgan fingerprint density at radius 1 is 0.929 bits per heavy atom. The first kappa shape index (κ1) is 17.4. The summed E-state index contributed by atoms with van der Waals surface area (Å²) in [5, 5.41) is 0. The van der Waals surface area contributed by atoms with Crippen LogP contribution in [0.1, 0.15) is 28.8 Å². The summed E-state index contributed by atoms with van der Waals surface area (Å²) >= 11 is 0. The third-order valence-electron chi connectivity index (χ3n) is 6.02. The van der Waals surface area contributed by atoms with E-state index < -0.39 is 0 Å². The van der Waals surface area contributed by atoms with Gasteiger partial charge in [-0.25, -0.2) is 0 Å². The van der Waals surface area contributed by atoms with Gasteiger partial charge in [0.05, 0.1) is 13.1 Å². The highest BCUT2D eigenvalue weighted by Crippen LogP contribution is 2.32. The summed E-state index contributed by atoms with van der Waals surface area (Å²) in [6.45, 7) is 5.45. The second-order valence-corrected chi connectivity index (χ2v) is 8.04. The molecule has 0 radical (unpaired) electrons. The predicted molar refractivity (Wildman–Crippen MR) is 113 cm³/mol. The van der Waals surface area contributed by atoms with Gasteiger partial charge in [-0.05, 0) is 54.8 Å². The second-order valence-electron chi connectivity index (χ2n) is 8.04. The van der Waals surface area contributed by atoms with E-state index in [9.17, 15) is 4.79 Å². The molecule has 5 rings (SSSR count). The lowest BCUT2D eigenvalue weighted by atomic mass is 10.00. The molecular weight excluding hydrogens is 348 g/mol. The van der Waals surface area contributed by atoms with Crippen molar-refractivity contribution in [1.29, 1.82) is 0 Å². The summed E-state index contributed by atoms with van der Waals surface area (Å²) in [5.74, 6) is 1.33. The number of hydrogen-bond donors (Lipinski definition) is 0. The standard InChI is InChI=1S/C23H26N4O/c1-25-15-20-9-8-19(14-21(20)27-13-10-24-22(27)16-25)17-4-6-18(7-5-17)23(28)26-11-2-3-12-26/h4-9,14H,2-3,10-13,15-16H2,1H3. The van der Waals surface area contributed by atoms with Gasteiger partial charge >= 0.3 is 0 Å². The molecule has 28 heavy (non-hydrogen) atoms. The van der Waals surface area contributed by atoms with E-state index in [0.29, 0.717) is 0 Å². The van der Waals surface area contributed by atoms with Crippen LogP contribution in [0.2, 0.25) is 0 Å². The number of aliphatic imine (C=N–C) groups is 1. The Labute approximate surface area is 166 Å². The minimum absolute atomic E-state index is 0.159. The molecule has 0 aliphatic carbocycles. The molecule has 0 atom stereocenters. The number of rotatable bonds is 2. The average molecular weight is 374 g/mol. The summed E-state index contributed by atoms with van der Waals surface area (Å²) in [4.78, 5) is 23.9. The fourth-order valence-corrected chi connectivity index (χ4v) is 4.51. The Morgan fingerprint density at radius 2 is 1.68 bits per heavy atom. The molecule has 0 unspecified atom stereocenters. The lowest BCUT2D eigenvalue weighted by molar-refractivity contribution is 0.0793. The van der Waals surface area contributed by atoms with E-state index in [0.717, 1.165) is 63.2 Å². The molecule has 0 aromatic heterocycles. The maximum atomic E-state index is 12.6. The maximum Gasteiger partial charge on any atom is 0.253 e. The predicted octanol–water partition coefficient (Wildman–Crippen LogP) is 3.25. The molecule has 3 heterocycles. The number of anilines is 1. The van der Waals surface area contributed by atoms with Crippen molar-refractivity contribution < 1.29 is 4.79 Å². The van der Waals surface area contributed by atoms with E-state index in [2.05, 4.69) is 47.2 Å². The molecule has 0 spiro atoms. The van der Waals surface area contributed by atoms with Crippen LogP contribution in [0.25, 0.3) is 11.1 Å². The van der Waals surface area contributed by atoms with Crippen LogP contribution in [0.4, 0.5) is 5.69 Å². The molecule has 0 saturated carbocycles. The number of carbonyl (C=O) groups excluding carboxylic acids is 1. The van der Waals surface area contributed by atoms with E-state index in [1.807, 2.05) is 17.0 Å². The lowest BCUT2D eigenvalue weighted by Crippen LogP contribution is -2.33. The molecule has 3 aliphatic heterocycles. The first-order valence-electron chi connectivity index (χ1n) is 10.2. The van der Waals surface area contributed by atoms with Crippen LogP contribution in [-0.2, 0) is 6.54 Å². The van der Waals surface area contributed by atoms with Gasteiger partial charge in [0.25, 0.3) is 5.91 Å². The quantitative estimate of drug-likeness (QED) is 0.810. The summed E-state index contributed by atoms with van der Waals surface area (Å²) in [7, 11) is 2.15. The first-order chi connectivity index (χ1) is 13.7. The van der Waals surface area contributed by atoms with Gasteiger partial charge < -0.3 is 9.80 Å². The highest BCUT2D eigenvalue weighted by Gasteiger charge is 2.26. The van der Waals surface area contributed by atoms with Crippen molar-refractivity contribution in [2.45, 2.75) is 19.4 Å². The van der Waals surface area contributed by atoms with Gasteiger partial charge in [0.1, 0.15) is 5.84 Å². The Balaban J connectivity index is 1.44. The van der Waals surface area contributed by atoms with Gasteiger partial charge in [-0.15, -0.1) is 0 Å². The third-order valence-corrected chi connectivity index (χ3v) is 6.02. The molecule has 1 amide bonds. The molecule has 144 valence electrons. The largest absolute Gasteiger partial charge is 0.339 e. The number of fused-ring (bicyclic) bond motifs is 3. The van der Waals surface area contributed by atoms with E-state index in [1.165, 1.54) is 22.6 Å². The van der Waals surface area contributed by atoms with Gasteiger partial charge in [0, 0.05) is 37.4 Å². The zero-order valence-electron chi connectivity index (χ0n) is 16.4. The van der Waals surface area contributed by atoms with E-state index in [-0.39, 0.29) is 5.91 Å². The van der Waals surface area contributed by atoms with Crippen LogP contribution in [-0.4, -0.2) is 61.3 Å². The minimum atomic E-state index is 0.159. The van der Waals surface area contributed by atoms with Crippen molar-refractivity contribution in [3.05, 3.63) is 53.6 Å². The molecule has 5 nitrogen and oxygen atoms in total. The number of benzene rings is 2. The normalized spacial score (nSPS) is 19.2. The van der Waals surface area contributed by atoms with Gasteiger partial charge in [0.15, 0.2) is 0 Å². The van der Waals surface area contributed by atoms with Gasteiger partial charge in [-0.3, -0.25) is 14.7 Å². The topological polar surface area (TPSA) is 39.1 Å². The molecule has 0 N–H and O–H groups in total. The highest BCUT2D eigenvalue weighted by atomic mass is 16.2. The van der Waals surface area contributed by atoms with Crippen molar-refractivity contribution in [3.8, 4) is 11.1 Å². The molecule has 3 aliphatic rings. The Bertz CT molecular complexity index is 928. The summed E-state index contributed by atoms with van der Waals surface area (Å²) in [6.07, 6.45) is 2.24. The number of likely N-dealkylation sites (N-methyl/N-ethyl adjacent to an activating group) is 1. The molecule has 1 saturated heterocycles.